The average molecular weight is 464 g/mol. The number of aromatic amines is 1. The number of H-pyrrole nitrogens is 1. The Morgan fingerprint density at radius 2 is 1.69 bits per heavy atom. The predicted molar refractivity (Wildman–Crippen MR) is 141 cm³/mol. The summed E-state index contributed by atoms with van der Waals surface area (Å²) in [5.41, 5.74) is 8.63. The summed E-state index contributed by atoms with van der Waals surface area (Å²) in [6.07, 6.45) is 5.71. The van der Waals surface area contributed by atoms with Crippen LogP contribution in [0.4, 0.5) is 0 Å². The van der Waals surface area contributed by atoms with Crippen LogP contribution in [-0.4, -0.2) is 38.2 Å². The van der Waals surface area contributed by atoms with Gasteiger partial charge in [-0.15, -0.1) is 0 Å². The molecule has 0 aliphatic heterocycles. The minimum atomic E-state index is -0.224. The molecular formula is C29H29N5O. The maximum atomic E-state index is 9.16. The monoisotopic (exact) mass is 463 g/mol. The maximum absolute atomic E-state index is 9.16. The van der Waals surface area contributed by atoms with Gasteiger partial charge in [0, 0.05) is 52.9 Å². The first kappa shape index (κ1) is 22.9. The summed E-state index contributed by atoms with van der Waals surface area (Å²) in [6.45, 7) is 6.89. The van der Waals surface area contributed by atoms with Gasteiger partial charge in [0.25, 0.3) is 0 Å². The highest BCUT2D eigenvalue weighted by Crippen LogP contribution is 2.33. The predicted octanol–water partition coefficient (Wildman–Crippen LogP) is 5.48. The summed E-state index contributed by atoms with van der Waals surface area (Å²) >= 11 is 0. The number of fused-ring (bicyclic) bond motifs is 1. The third-order valence-electron chi connectivity index (χ3n) is 6.35. The molecule has 1 aromatic carbocycles. The number of pyridine rings is 3. The number of hydrogen-bond donors (Lipinski definition) is 3. The second-order valence-corrected chi connectivity index (χ2v) is 9.27. The van der Waals surface area contributed by atoms with Crippen LogP contribution in [0.2, 0.25) is 0 Å². The molecule has 35 heavy (non-hydrogen) atoms. The normalized spacial score (nSPS) is 11.8. The highest BCUT2D eigenvalue weighted by Gasteiger charge is 2.19. The van der Waals surface area contributed by atoms with Crippen LogP contribution >= 0.6 is 0 Å². The van der Waals surface area contributed by atoms with Crippen molar-refractivity contribution in [2.24, 2.45) is 0 Å². The van der Waals surface area contributed by atoms with E-state index in [9.17, 15) is 0 Å². The largest absolute Gasteiger partial charge is 0.395 e. The van der Waals surface area contributed by atoms with Crippen LogP contribution in [-0.2, 0) is 5.54 Å². The first-order valence-corrected chi connectivity index (χ1v) is 11.8. The van der Waals surface area contributed by atoms with Crippen LogP contribution in [0, 0.1) is 6.92 Å². The van der Waals surface area contributed by atoms with Crippen molar-refractivity contribution in [1.82, 2.24) is 25.3 Å². The van der Waals surface area contributed by atoms with E-state index in [-0.39, 0.29) is 12.1 Å². The Morgan fingerprint density at radius 1 is 0.886 bits per heavy atom. The van der Waals surface area contributed by atoms with Crippen molar-refractivity contribution in [3.63, 3.8) is 0 Å². The molecule has 0 fully saturated rings. The lowest BCUT2D eigenvalue weighted by Crippen LogP contribution is -2.38. The average Bonchev–Trinajstić information content (AvgIpc) is 3.36. The number of aliphatic hydroxyl groups is 1. The van der Waals surface area contributed by atoms with Gasteiger partial charge in [-0.1, -0.05) is 30.3 Å². The molecule has 176 valence electrons. The maximum Gasteiger partial charge on any atom is 0.138 e. The number of nitrogens with one attached hydrogen (secondary N) is 2. The molecule has 5 aromatic rings. The van der Waals surface area contributed by atoms with Gasteiger partial charge in [-0.2, -0.15) is 0 Å². The molecule has 0 saturated heterocycles. The Morgan fingerprint density at radius 3 is 2.46 bits per heavy atom. The van der Waals surface area contributed by atoms with Crippen LogP contribution in [0.5, 0.6) is 0 Å². The van der Waals surface area contributed by atoms with E-state index in [1.807, 2.05) is 49.8 Å². The SMILES string of the molecule is Cc1cccc(-c2cc(-c3cncc(-c4ccc(C(C)(C)NCCO)cc4)c3)c3cc[nH]c3n2)n1. The highest BCUT2D eigenvalue weighted by molar-refractivity contribution is 5.95. The van der Waals surface area contributed by atoms with Crippen molar-refractivity contribution >= 4 is 11.0 Å². The summed E-state index contributed by atoms with van der Waals surface area (Å²) in [5, 5.41) is 13.6. The summed E-state index contributed by atoms with van der Waals surface area (Å²) in [5.74, 6) is 0. The van der Waals surface area contributed by atoms with E-state index in [2.05, 4.69) is 70.5 Å². The van der Waals surface area contributed by atoms with E-state index in [0.717, 1.165) is 55.9 Å². The second-order valence-electron chi connectivity index (χ2n) is 9.27. The van der Waals surface area contributed by atoms with E-state index in [1.54, 1.807) is 0 Å². The number of aryl methyl sites for hydroxylation is 1. The lowest BCUT2D eigenvalue weighted by molar-refractivity contribution is 0.267. The summed E-state index contributed by atoms with van der Waals surface area (Å²) in [6, 6.07) is 20.8. The number of benzene rings is 1. The van der Waals surface area contributed by atoms with Crippen molar-refractivity contribution < 1.29 is 5.11 Å². The lowest BCUT2D eigenvalue weighted by Gasteiger charge is -2.27. The van der Waals surface area contributed by atoms with Gasteiger partial charge in [0.1, 0.15) is 5.65 Å². The molecule has 6 nitrogen and oxygen atoms in total. The first-order valence-electron chi connectivity index (χ1n) is 11.8. The van der Waals surface area contributed by atoms with Crippen LogP contribution < -0.4 is 5.32 Å². The summed E-state index contributed by atoms with van der Waals surface area (Å²) in [4.78, 5) is 17.3. The fourth-order valence-corrected chi connectivity index (χ4v) is 4.39. The quantitative estimate of drug-likeness (QED) is 0.298. The summed E-state index contributed by atoms with van der Waals surface area (Å²) < 4.78 is 0. The molecule has 3 N–H and O–H groups in total. The van der Waals surface area contributed by atoms with E-state index >= 15 is 0 Å². The van der Waals surface area contributed by atoms with Crippen molar-refractivity contribution in [2.75, 3.05) is 13.2 Å². The Balaban J connectivity index is 1.53. The molecule has 0 aliphatic rings. The van der Waals surface area contributed by atoms with Gasteiger partial charge in [0.05, 0.1) is 18.0 Å². The van der Waals surface area contributed by atoms with E-state index in [4.69, 9.17) is 10.1 Å². The Labute approximate surface area is 205 Å². The Hall–Kier alpha value is -3.87. The number of aliphatic hydroxyl groups excluding tert-OH is 1. The highest BCUT2D eigenvalue weighted by atomic mass is 16.3. The molecule has 0 aliphatic carbocycles. The first-order chi connectivity index (χ1) is 16.9. The third kappa shape index (κ3) is 4.71. The number of hydrogen-bond acceptors (Lipinski definition) is 5. The molecule has 0 bridgehead atoms. The van der Waals surface area contributed by atoms with Crippen molar-refractivity contribution in [2.45, 2.75) is 26.3 Å². The van der Waals surface area contributed by atoms with Gasteiger partial charge in [0.15, 0.2) is 0 Å². The van der Waals surface area contributed by atoms with Crippen molar-refractivity contribution in [1.29, 1.82) is 0 Å². The molecule has 0 spiro atoms. The molecule has 4 aromatic heterocycles. The molecule has 0 radical (unpaired) electrons. The molecule has 0 amide bonds. The Kier molecular flexibility index (Phi) is 6.16. The second kappa shape index (κ2) is 9.41. The number of aromatic nitrogens is 4. The lowest BCUT2D eigenvalue weighted by atomic mass is 9.92. The van der Waals surface area contributed by atoms with Gasteiger partial charge in [-0.3, -0.25) is 9.97 Å². The van der Waals surface area contributed by atoms with Gasteiger partial charge >= 0.3 is 0 Å². The minimum absolute atomic E-state index is 0.116. The molecule has 6 heteroatoms. The van der Waals surface area contributed by atoms with Gasteiger partial charge in [-0.25, -0.2) is 4.98 Å². The zero-order valence-electron chi connectivity index (χ0n) is 20.2. The third-order valence-corrected chi connectivity index (χ3v) is 6.35. The molecule has 0 unspecified atom stereocenters. The zero-order valence-corrected chi connectivity index (χ0v) is 20.2. The van der Waals surface area contributed by atoms with Crippen molar-refractivity contribution in [3.05, 3.63) is 90.5 Å². The standard InChI is InChI=1S/C29H29N5O/c1-19-5-4-6-26(33-19)27-16-25(24-11-12-31-28(24)34-27)22-15-21(17-30-18-22)20-7-9-23(10-8-20)29(2,3)32-13-14-35/h4-12,15-18,32,35H,13-14H2,1-3H3,(H,31,34). The molecular weight excluding hydrogens is 434 g/mol. The fraction of sp³-hybridized carbons (Fsp3) is 0.207. The fourth-order valence-electron chi connectivity index (χ4n) is 4.39. The molecule has 5 rings (SSSR count). The van der Waals surface area contributed by atoms with Crippen LogP contribution in [0.25, 0.3) is 44.7 Å². The van der Waals surface area contributed by atoms with Crippen LogP contribution in [0.15, 0.2) is 79.3 Å². The van der Waals surface area contributed by atoms with Gasteiger partial charge in [-0.05, 0) is 67.8 Å². The van der Waals surface area contributed by atoms with Crippen LogP contribution in [0.3, 0.4) is 0 Å². The van der Waals surface area contributed by atoms with Gasteiger partial charge in [0.2, 0.25) is 0 Å². The smallest absolute Gasteiger partial charge is 0.138 e. The van der Waals surface area contributed by atoms with E-state index in [1.165, 1.54) is 0 Å². The zero-order chi connectivity index (χ0) is 24.4. The number of rotatable bonds is 7. The minimum Gasteiger partial charge on any atom is -0.395 e. The topological polar surface area (TPSA) is 86.7 Å². The van der Waals surface area contributed by atoms with E-state index in [0.29, 0.717) is 6.54 Å². The molecule has 0 atom stereocenters. The Bertz CT molecular complexity index is 1470. The summed E-state index contributed by atoms with van der Waals surface area (Å²) in [7, 11) is 0. The number of nitrogens with zero attached hydrogens (tertiary/aromatic N) is 3. The van der Waals surface area contributed by atoms with Gasteiger partial charge < -0.3 is 15.4 Å². The molecule has 0 saturated carbocycles. The molecule has 4 heterocycles. The van der Waals surface area contributed by atoms with Crippen molar-refractivity contribution in [3.8, 4) is 33.6 Å². The van der Waals surface area contributed by atoms with E-state index < -0.39 is 0 Å². The van der Waals surface area contributed by atoms with Crippen LogP contribution in [0.1, 0.15) is 25.1 Å².